The minimum atomic E-state index is -1.30. The van der Waals surface area contributed by atoms with E-state index >= 15 is 0 Å². The summed E-state index contributed by atoms with van der Waals surface area (Å²) in [4.78, 5) is 46.7. The molecule has 8 heteroatoms. The third kappa shape index (κ3) is 3.16. The van der Waals surface area contributed by atoms with E-state index < -0.39 is 29.1 Å². The minimum Gasteiger partial charge on any atom is -0.395 e. The second-order valence-electron chi connectivity index (χ2n) is 10.1. The molecule has 0 saturated carbocycles. The second kappa shape index (κ2) is 8.31. The van der Waals surface area contributed by atoms with Crippen LogP contribution in [0.2, 0.25) is 0 Å². The summed E-state index contributed by atoms with van der Waals surface area (Å²) < 4.78 is 6.85. The summed E-state index contributed by atoms with van der Waals surface area (Å²) in [6, 6.07) is 4.90. The van der Waals surface area contributed by atoms with Gasteiger partial charge in [0.1, 0.15) is 11.6 Å². The van der Waals surface area contributed by atoms with Gasteiger partial charge in [0.2, 0.25) is 11.8 Å². The summed E-state index contributed by atoms with van der Waals surface area (Å²) in [5, 5.41) is 9.83. The van der Waals surface area contributed by atoms with Crippen LogP contribution in [0.4, 0.5) is 5.69 Å². The number of hydrogen-bond donors (Lipinski definition) is 1. The van der Waals surface area contributed by atoms with E-state index in [1.165, 1.54) is 4.90 Å². The van der Waals surface area contributed by atoms with Crippen molar-refractivity contribution in [3.63, 3.8) is 0 Å². The largest absolute Gasteiger partial charge is 0.395 e. The Labute approximate surface area is 205 Å². The molecule has 5 rings (SSSR count). The van der Waals surface area contributed by atoms with Crippen LogP contribution in [0, 0.1) is 25.7 Å². The van der Waals surface area contributed by atoms with Crippen molar-refractivity contribution in [1.29, 1.82) is 0 Å². The first-order valence-electron chi connectivity index (χ1n) is 12.3. The number of benzene rings is 1. The molecule has 1 unspecified atom stereocenters. The van der Waals surface area contributed by atoms with Gasteiger partial charge in [-0.15, -0.1) is 0 Å². The van der Waals surface area contributed by atoms with Crippen molar-refractivity contribution in [2.75, 3.05) is 38.2 Å². The van der Waals surface area contributed by atoms with Gasteiger partial charge in [0.15, 0.2) is 0 Å². The average molecular weight is 480 g/mol. The maximum Gasteiger partial charge on any atom is 0.253 e. The average Bonchev–Trinajstić information content (AvgIpc) is 3.12. The third-order valence-electron chi connectivity index (χ3n) is 8.19. The number of aryl methyl sites for hydroxylation is 2. The molecule has 8 nitrogen and oxygen atoms in total. The first-order valence-corrected chi connectivity index (χ1v) is 12.3. The Morgan fingerprint density at radius 1 is 1.00 bits per heavy atom. The summed E-state index contributed by atoms with van der Waals surface area (Å²) in [6.07, 6.45) is 8.05. The van der Waals surface area contributed by atoms with Crippen LogP contribution in [0.1, 0.15) is 24.5 Å². The quantitative estimate of drug-likeness (QED) is 0.663. The van der Waals surface area contributed by atoms with Crippen molar-refractivity contribution in [1.82, 2.24) is 9.80 Å². The lowest BCUT2D eigenvalue weighted by Gasteiger charge is -2.38. The fourth-order valence-electron chi connectivity index (χ4n) is 6.66. The van der Waals surface area contributed by atoms with Gasteiger partial charge >= 0.3 is 0 Å². The minimum absolute atomic E-state index is 0.00298. The fourth-order valence-corrected chi connectivity index (χ4v) is 6.66. The predicted molar refractivity (Wildman–Crippen MR) is 131 cm³/mol. The molecule has 186 valence electrons. The molecule has 5 atom stereocenters. The van der Waals surface area contributed by atoms with E-state index in [1.807, 2.05) is 63.3 Å². The molecule has 4 aliphatic rings. The number of para-hydroxylation sites is 1. The monoisotopic (exact) mass is 479 g/mol. The van der Waals surface area contributed by atoms with Gasteiger partial charge in [0, 0.05) is 32.4 Å². The van der Waals surface area contributed by atoms with Gasteiger partial charge in [-0.2, -0.15) is 0 Å². The number of amides is 3. The van der Waals surface area contributed by atoms with Gasteiger partial charge in [-0.3, -0.25) is 14.4 Å². The summed E-state index contributed by atoms with van der Waals surface area (Å²) >= 11 is 0. The lowest BCUT2D eigenvalue weighted by atomic mass is 9.73. The van der Waals surface area contributed by atoms with E-state index in [0.29, 0.717) is 19.5 Å². The number of likely N-dealkylation sites (N-methyl/N-ethyl adjacent to an activating group) is 1. The molecule has 1 spiro atoms. The van der Waals surface area contributed by atoms with Gasteiger partial charge in [0.25, 0.3) is 5.91 Å². The second-order valence-corrected chi connectivity index (χ2v) is 10.1. The molecule has 2 fully saturated rings. The van der Waals surface area contributed by atoms with Crippen molar-refractivity contribution >= 4 is 23.4 Å². The van der Waals surface area contributed by atoms with Crippen molar-refractivity contribution in [3.8, 4) is 0 Å². The summed E-state index contributed by atoms with van der Waals surface area (Å²) in [6.45, 7) is 6.34. The molecule has 0 aromatic heterocycles. The fraction of sp³-hybridized carbons (Fsp3) is 0.519. The Hall–Kier alpha value is -2.97. The zero-order chi connectivity index (χ0) is 25.1. The highest BCUT2D eigenvalue weighted by atomic mass is 16.5. The van der Waals surface area contributed by atoms with E-state index in [2.05, 4.69) is 0 Å². The van der Waals surface area contributed by atoms with Crippen LogP contribution in [0.3, 0.4) is 0 Å². The normalized spacial score (nSPS) is 34.1. The molecular formula is C27H33N3O5. The highest BCUT2D eigenvalue weighted by Gasteiger charge is 2.75. The van der Waals surface area contributed by atoms with E-state index in [1.54, 1.807) is 16.8 Å². The van der Waals surface area contributed by atoms with E-state index in [0.717, 1.165) is 16.8 Å². The third-order valence-corrected chi connectivity index (χ3v) is 8.19. The summed E-state index contributed by atoms with van der Waals surface area (Å²) in [5.41, 5.74) is 0.448. The Morgan fingerprint density at radius 2 is 1.69 bits per heavy atom. The van der Waals surface area contributed by atoms with Gasteiger partial charge < -0.3 is 24.5 Å². The maximum absolute atomic E-state index is 14.3. The number of fused-ring (bicyclic) bond motifs is 2. The molecule has 1 aromatic rings. The highest BCUT2D eigenvalue weighted by molar-refractivity contribution is 6.06. The Balaban J connectivity index is 1.69. The number of β-amino-alcohol motifs (C(OH)–C–C–N with tert-alkyl or cyclic N) is 1. The van der Waals surface area contributed by atoms with Gasteiger partial charge in [-0.05, 0) is 31.4 Å². The van der Waals surface area contributed by atoms with E-state index in [-0.39, 0.29) is 30.9 Å². The Morgan fingerprint density at radius 3 is 2.34 bits per heavy atom. The number of aliphatic hydroxyl groups is 1. The number of carbonyl (C=O) groups excluding carboxylic acids is 3. The number of likely N-dealkylation sites (tertiary alicyclic amines) is 1. The number of carbonyl (C=O) groups is 3. The number of rotatable bonds is 4. The smallest absolute Gasteiger partial charge is 0.253 e. The molecule has 0 aliphatic carbocycles. The first kappa shape index (κ1) is 23.8. The van der Waals surface area contributed by atoms with Crippen molar-refractivity contribution < 1.29 is 24.2 Å². The molecule has 3 amide bonds. The van der Waals surface area contributed by atoms with E-state index in [4.69, 9.17) is 4.74 Å². The van der Waals surface area contributed by atoms with Crippen LogP contribution in [0.15, 0.2) is 42.5 Å². The van der Waals surface area contributed by atoms with E-state index in [9.17, 15) is 19.5 Å². The predicted octanol–water partition coefficient (Wildman–Crippen LogP) is 1.59. The van der Waals surface area contributed by atoms with Crippen LogP contribution >= 0.6 is 0 Å². The SMILES string of the molecule is CC[C@]12C=CCN(C)C(=O)[C@H]1[C@H]1C(=O)N(CCO)C3C(=O)N(c4c(C)cccc4C)CC=C[C@@]31O2. The number of anilines is 1. The number of aliphatic hydroxyl groups excluding tert-OH is 1. The molecule has 1 N–H and O–H groups in total. The molecule has 0 bridgehead atoms. The number of ether oxygens (including phenoxy) is 1. The summed E-state index contributed by atoms with van der Waals surface area (Å²) in [7, 11) is 1.72. The van der Waals surface area contributed by atoms with Gasteiger partial charge in [-0.25, -0.2) is 0 Å². The lowest BCUT2D eigenvalue weighted by molar-refractivity contribution is -0.149. The number of nitrogens with zero attached hydrogens (tertiary/aromatic N) is 3. The number of hydrogen-bond acceptors (Lipinski definition) is 5. The van der Waals surface area contributed by atoms with Gasteiger partial charge in [0.05, 0.1) is 24.0 Å². The molecule has 1 aromatic carbocycles. The van der Waals surface area contributed by atoms with Crippen molar-refractivity contribution in [2.45, 2.75) is 44.4 Å². The molecule has 35 heavy (non-hydrogen) atoms. The van der Waals surface area contributed by atoms with Crippen molar-refractivity contribution in [2.24, 2.45) is 11.8 Å². The van der Waals surface area contributed by atoms with Crippen LogP contribution in [0.25, 0.3) is 0 Å². The van der Waals surface area contributed by atoms with Gasteiger partial charge in [-0.1, -0.05) is 49.4 Å². The molecule has 2 saturated heterocycles. The zero-order valence-electron chi connectivity index (χ0n) is 20.7. The van der Waals surface area contributed by atoms with Crippen molar-refractivity contribution in [3.05, 3.63) is 53.6 Å². The van der Waals surface area contributed by atoms with Crippen LogP contribution in [-0.4, -0.2) is 83.2 Å². The lowest BCUT2D eigenvalue weighted by Crippen LogP contribution is -2.56. The summed E-state index contributed by atoms with van der Waals surface area (Å²) in [5.74, 6) is -2.34. The standard InChI is InChI=1S/C27H33N3O5/c1-5-26-11-7-13-28(4)23(32)19(26)20-24(33)30(15-16-31)22-25(34)29(14-8-12-27(20,22)35-26)21-17(2)9-6-10-18(21)3/h6-12,19-20,22,31H,5,13-16H2,1-4H3/t19-,20+,22?,26+,27+/m1/s1. The van der Waals surface area contributed by atoms with Crippen LogP contribution in [0.5, 0.6) is 0 Å². The first-order chi connectivity index (χ1) is 16.7. The molecule has 0 radical (unpaired) electrons. The highest BCUT2D eigenvalue weighted by Crippen LogP contribution is 2.58. The Kier molecular flexibility index (Phi) is 5.64. The molecular weight excluding hydrogens is 446 g/mol. The molecule has 4 heterocycles. The maximum atomic E-state index is 14.3. The topological polar surface area (TPSA) is 90.4 Å². The zero-order valence-corrected chi connectivity index (χ0v) is 20.7. The molecule has 4 aliphatic heterocycles. The van der Waals surface area contributed by atoms with Crippen LogP contribution < -0.4 is 4.90 Å². The Bertz CT molecular complexity index is 1130. The van der Waals surface area contributed by atoms with Crippen LogP contribution in [-0.2, 0) is 19.1 Å².